The van der Waals surface area contributed by atoms with Crippen LogP contribution in [0.1, 0.15) is 105 Å². The van der Waals surface area contributed by atoms with Crippen LogP contribution in [0, 0.1) is 17.3 Å². The van der Waals surface area contributed by atoms with E-state index in [1.807, 2.05) is 6.20 Å². The molecule has 1 saturated carbocycles. The maximum absolute atomic E-state index is 12.8. The summed E-state index contributed by atoms with van der Waals surface area (Å²) in [7, 11) is 0. The molecule has 0 N–H and O–H groups in total. The summed E-state index contributed by atoms with van der Waals surface area (Å²) in [5, 5.41) is 0. The minimum absolute atomic E-state index is 0.0972. The zero-order valence-corrected chi connectivity index (χ0v) is 20.0. The second-order valence-electron chi connectivity index (χ2n) is 10.6. The van der Waals surface area contributed by atoms with Crippen molar-refractivity contribution in [1.82, 2.24) is 4.90 Å². The van der Waals surface area contributed by atoms with Gasteiger partial charge in [0.15, 0.2) is 5.78 Å². The summed E-state index contributed by atoms with van der Waals surface area (Å²) < 4.78 is 5.43. The number of allylic oxidation sites excluding steroid dienone is 1. The number of esters is 1. The number of nitrogens with zero attached hydrogens (tertiary/aromatic N) is 1. The fourth-order valence-electron chi connectivity index (χ4n) is 4.85. The number of carbonyl (C=O) groups is 2. The average molecular weight is 420 g/mol. The Morgan fingerprint density at radius 2 is 1.77 bits per heavy atom. The molecule has 0 unspecified atom stereocenters. The molecule has 0 bridgehead atoms. The molecule has 0 aromatic carbocycles. The van der Waals surface area contributed by atoms with Gasteiger partial charge in [0.2, 0.25) is 0 Å². The fourth-order valence-corrected chi connectivity index (χ4v) is 4.85. The van der Waals surface area contributed by atoms with E-state index in [0.717, 1.165) is 37.4 Å². The lowest BCUT2D eigenvalue weighted by atomic mass is 9.76. The predicted octanol–water partition coefficient (Wildman–Crippen LogP) is 6.29. The number of ketones is 1. The third-order valence-electron chi connectivity index (χ3n) is 6.77. The van der Waals surface area contributed by atoms with Gasteiger partial charge in [0.25, 0.3) is 0 Å². The van der Waals surface area contributed by atoms with Crippen molar-refractivity contribution in [3.05, 3.63) is 11.8 Å². The maximum atomic E-state index is 12.8. The van der Waals surface area contributed by atoms with Crippen molar-refractivity contribution in [3.63, 3.8) is 0 Å². The van der Waals surface area contributed by atoms with Gasteiger partial charge in [0, 0.05) is 31.3 Å². The van der Waals surface area contributed by atoms with Gasteiger partial charge >= 0.3 is 5.97 Å². The Balaban J connectivity index is 1.70. The quantitative estimate of drug-likeness (QED) is 0.308. The minimum atomic E-state index is -0.228. The Morgan fingerprint density at radius 1 is 1.10 bits per heavy atom. The third-order valence-corrected chi connectivity index (χ3v) is 6.77. The molecule has 4 heteroatoms. The van der Waals surface area contributed by atoms with E-state index in [9.17, 15) is 9.59 Å². The summed E-state index contributed by atoms with van der Waals surface area (Å²) in [6.45, 7) is 11.1. The van der Waals surface area contributed by atoms with Gasteiger partial charge < -0.3 is 9.64 Å². The number of carbonyl (C=O) groups excluding carboxylic acids is 2. The molecular formula is C26H45NO3. The number of rotatable bonds is 10. The first-order valence-electron chi connectivity index (χ1n) is 12.4. The van der Waals surface area contributed by atoms with E-state index in [-0.39, 0.29) is 30.0 Å². The van der Waals surface area contributed by atoms with Crippen LogP contribution in [0.15, 0.2) is 11.8 Å². The van der Waals surface area contributed by atoms with E-state index < -0.39 is 0 Å². The third kappa shape index (κ3) is 8.81. The standard InChI is InChI=1S/C26H45NO3/c1-21(2)19-27-17-16-26(3,4)23(20-27)24(28)14-15-25(29)30-18-10-13-22-11-8-6-5-7-9-12-22/h20-22H,5-19H2,1-4H3. The monoisotopic (exact) mass is 419 g/mol. The first kappa shape index (κ1) is 24.9. The Kier molecular flexibility index (Phi) is 10.4. The average Bonchev–Trinajstić information content (AvgIpc) is 2.65. The van der Waals surface area contributed by atoms with E-state index in [1.165, 1.54) is 51.4 Å². The van der Waals surface area contributed by atoms with Gasteiger partial charge in [-0.1, -0.05) is 72.6 Å². The summed E-state index contributed by atoms with van der Waals surface area (Å²) in [6, 6.07) is 0. The first-order valence-corrected chi connectivity index (χ1v) is 12.4. The van der Waals surface area contributed by atoms with Crippen LogP contribution in [-0.4, -0.2) is 36.3 Å². The van der Waals surface area contributed by atoms with Crippen LogP contribution in [0.2, 0.25) is 0 Å². The zero-order chi connectivity index (χ0) is 22.0. The summed E-state index contributed by atoms with van der Waals surface area (Å²) in [4.78, 5) is 27.3. The van der Waals surface area contributed by atoms with Gasteiger partial charge in [-0.15, -0.1) is 0 Å². The lowest BCUT2D eigenvalue weighted by Crippen LogP contribution is -2.36. The smallest absolute Gasteiger partial charge is 0.306 e. The van der Waals surface area contributed by atoms with E-state index in [0.29, 0.717) is 12.5 Å². The fraction of sp³-hybridized carbons (Fsp3) is 0.846. The molecule has 1 heterocycles. The van der Waals surface area contributed by atoms with Crippen molar-refractivity contribution in [2.45, 2.75) is 105 Å². The van der Waals surface area contributed by atoms with Gasteiger partial charge in [-0.2, -0.15) is 0 Å². The van der Waals surface area contributed by atoms with Crippen molar-refractivity contribution in [3.8, 4) is 0 Å². The molecule has 1 aliphatic carbocycles. The summed E-state index contributed by atoms with van der Waals surface area (Å²) >= 11 is 0. The largest absolute Gasteiger partial charge is 0.466 e. The SMILES string of the molecule is CC(C)CN1C=C(C(=O)CCC(=O)OCCCC2CCCCCCC2)C(C)(C)CC1. The molecule has 0 aromatic heterocycles. The van der Waals surface area contributed by atoms with E-state index in [2.05, 4.69) is 32.6 Å². The molecule has 0 atom stereocenters. The highest BCUT2D eigenvalue weighted by Crippen LogP contribution is 2.36. The summed E-state index contributed by atoms with van der Waals surface area (Å²) in [5.74, 6) is 1.24. The molecule has 0 radical (unpaired) electrons. The van der Waals surface area contributed by atoms with Crippen LogP contribution in [0.3, 0.4) is 0 Å². The molecule has 1 aliphatic heterocycles. The normalized spacial score (nSPS) is 20.4. The van der Waals surface area contributed by atoms with E-state index >= 15 is 0 Å². The van der Waals surface area contributed by atoms with Crippen molar-refractivity contribution in [2.24, 2.45) is 17.3 Å². The lowest BCUT2D eigenvalue weighted by Gasteiger charge is -2.37. The van der Waals surface area contributed by atoms with Gasteiger partial charge in [-0.25, -0.2) is 0 Å². The maximum Gasteiger partial charge on any atom is 0.306 e. The number of ether oxygens (including phenoxy) is 1. The molecular weight excluding hydrogens is 374 g/mol. The van der Waals surface area contributed by atoms with Crippen LogP contribution >= 0.6 is 0 Å². The number of hydrogen-bond donors (Lipinski definition) is 0. The van der Waals surface area contributed by atoms with Crippen LogP contribution in [0.5, 0.6) is 0 Å². The number of Topliss-reactive ketones (excluding diaryl/α,β-unsaturated/α-hetero) is 1. The Hall–Kier alpha value is -1.32. The highest BCUT2D eigenvalue weighted by Gasteiger charge is 2.32. The zero-order valence-electron chi connectivity index (χ0n) is 20.0. The molecule has 0 aromatic rings. The summed E-state index contributed by atoms with van der Waals surface area (Å²) in [5.41, 5.74) is 0.748. The highest BCUT2D eigenvalue weighted by molar-refractivity contribution is 5.98. The molecule has 0 spiro atoms. The van der Waals surface area contributed by atoms with Crippen LogP contribution in [-0.2, 0) is 14.3 Å². The van der Waals surface area contributed by atoms with Crippen molar-refractivity contribution >= 4 is 11.8 Å². The molecule has 0 saturated heterocycles. The first-order chi connectivity index (χ1) is 14.3. The van der Waals surface area contributed by atoms with Gasteiger partial charge in [-0.3, -0.25) is 9.59 Å². The van der Waals surface area contributed by atoms with Crippen molar-refractivity contribution < 1.29 is 14.3 Å². The Bertz CT molecular complexity index is 571. The van der Waals surface area contributed by atoms with Gasteiger partial charge in [0.05, 0.1) is 13.0 Å². The van der Waals surface area contributed by atoms with Crippen LogP contribution in [0.4, 0.5) is 0 Å². The molecule has 172 valence electrons. The second-order valence-corrected chi connectivity index (χ2v) is 10.6. The topological polar surface area (TPSA) is 46.6 Å². The molecule has 2 rings (SSSR count). The molecule has 4 nitrogen and oxygen atoms in total. The van der Waals surface area contributed by atoms with Crippen molar-refractivity contribution in [1.29, 1.82) is 0 Å². The Morgan fingerprint density at radius 3 is 2.43 bits per heavy atom. The predicted molar refractivity (Wildman–Crippen MR) is 123 cm³/mol. The van der Waals surface area contributed by atoms with Gasteiger partial charge in [0.1, 0.15) is 0 Å². The number of hydrogen-bond acceptors (Lipinski definition) is 4. The van der Waals surface area contributed by atoms with Crippen molar-refractivity contribution in [2.75, 3.05) is 19.7 Å². The Labute approximate surface area is 184 Å². The highest BCUT2D eigenvalue weighted by atomic mass is 16.5. The van der Waals surface area contributed by atoms with Crippen LogP contribution < -0.4 is 0 Å². The molecule has 0 amide bonds. The molecule has 2 aliphatic rings. The molecule has 1 fully saturated rings. The lowest BCUT2D eigenvalue weighted by molar-refractivity contribution is -0.144. The molecule has 30 heavy (non-hydrogen) atoms. The van der Waals surface area contributed by atoms with Gasteiger partial charge in [-0.05, 0) is 36.5 Å². The second kappa shape index (κ2) is 12.5. The van der Waals surface area contributed by atoms with E-state index in [1.54, 1.807) is 0 Å². The summed E-state index contributed by atoms with van der Waals surface area (Å²) in [6.07, 6.45) is 15.1. The van der Waals surface area contributed by atoms with E-state index in [4.69, 9.17) is 4.74 Å². The minimum Gasteiger partial charge on any atom is -0.466 e. The van der Waals surface area contributed by atoms with Crippen LogP contribution in [0.25, 0.3) is 0 Å².